The molecule has 0 radical (unpaired) electrons. The fraction of sp³-hybridized carbons (Fsp3) is 0.273. The van der Waals surface area contributed by atoms with Gasteiger partial charge in [0.2, 0.25) is 5.91 Å². The van der Waals surface area contributed by atoms with Crippen LogP contribution in [-0.4, -0.2) is 39.7 Å². The first-order chi connectivity index (χ1) is 14.5. The summed E-state index contributed by atoms with van der Waals surface area (Å²) in [5, 5.41) is 9.82. The van der Waals surface area contributed by atoms with E-state index >= 15 is 0 Å². The smallest absolute Gasteiger partial charge is 0.251 e. The van der Waals surface area contributed by atoms with Crippen LogP contribution in [0.3, 0.4) is 0 Å². The third-order valence-electron chi connectivity index (χ3n) is 4.59. The topological polar surface area (TPSA) is 98.1 Å². The first kappa shape index (κ1) is 21.0. The number of nitrogens with one attached hydrogen (secondary N) is 2. The molecule has 0 bridgehead atoms. The van der Waals surface area contributed by atoms with Gasteiger partial charge in [-0.25, -0.2) is 9.67 Å². The number of nitrogens with zero attached hydrogens (tertiary/aromatic N) is 3. The van der Waals surface area contributed by atoms with E-state index < -0.39 is 6.04 Å². The predicted molar refractivity (Wildman–Crippen MR) is 113 cm³/mol. The molecule has 0 fully saturated rings. The molecule has 0 aliphatic heterocycles. The van der Waals surface area contributed by atoms with Crippen LogP contribution in [0.5, 0.6) is 5.75 Å². The van der Waals surface area contributed by atoms with Crippen LogP contribution in [0.25, 0.3) is 0 Å². The summed E-state index contributed by atoms with van der Waals surface area (Å²) in [4.78, 5) is 29.4. The summed E-state index contributed by atoms with van der Waals surface area (Å²) in [6.45, 7) is 4.32. The van der Waals surface area contributed by atoms with Gasteiger partial charge in [0.15, 0.2) is 0 Å². The summed E-state index contributed by atoms with van der Waals surface area (Å²) in [7, 11) is 1.56. The lowest BCUT2D eigenvalue weighted by Gasteiger charge is -2.22. The molecule has 0 aliphatic carbocycles. The van der Waals surface area contributed by atoms with E-state index in [1.165, 1.54) is 6.33 Å². The molecule has 3 aromatic rings. The number of methoxy groups -OCH3 is 1. The number of carbonyl (C=O) groups excluding carboxylic acids is 2. The minimum Gasteiger partial charge on any atom is -0.497 e. The van der Waals surface area contributed by atoms with Crippen molar-refractivity contribution < 1.29 is 14.3 Å². The van der Waals surface area contributed by atoms with Gasteiger partial charge in [0.05, 0.1) is 13.7 Å². The maximum atomic E-state index is 12.9. The summed E-state index contributed by atoms with van der Waals surface area (Å²) in [6, 6.07) is 13.6. The number of carbonyl (C=O) groups is 2. The van der Waals surface area contributed by atoms with E-state index in [1.54, 1.807) is 42.4 Å². The van der Waals surface area contributed by atoms with Crippen LogP contribution < -0.4 is 15.4 Å². The molecule has 8 heteroatoms. The number of hydrogen-bond acceptors (Lipinski definition) is 5. The van der Waals surface area contributed by atoms with E-state index in [4.69, 9.17) is 4.74 Å². The number of amides is 2. The minimum absolute atomic E-state index is 0.0921. The first-order valence-electron chi connectivity index (χ1n) is 9.63. The molecule has 0 aliphatic rings. The minimum atomic E-state index is -0.682. The third kappa shape index (κ3) is 5.44. The molecule has 2 N–H and O–H groups in total. The van der Waals surface area contributed by atoms with Crippen LogP contribution in [0.4, 0.5) is 5.69 Å². The van der Waals surface area contributed by atoms with Gasteiger partial charge in [-0.1, -0.05) is 26.0 Å². The third-order valence-corrected chi connectivity index (χ3v) is 4.59. The van der Waals surface area contributed by atoms with Crippen molar-refractivity contribution in [2.75, 3.05) is 12.4 Å². The van der Waals surface area contributed by atoms with Gasteiger partial charge in [-0.3, -0.25) is 9.59 Å². The Hall–Kier alpha value is -3.68. The fourth-order valence-electron chi connectivity index (χ4n) is 2.97. The highest BCUT2D eigenvalue weighted by Crippen LogP contribution is 2.15. The Kier molecular flexibility index (Phi) is 6.79. The van der Waals surface area contributed by atoms with E-state index in [0.29, 0.717) is 23.5 Å². The summed E-state index contributed by atoms with van der Waals surface area (Å²) >= 11 is 0. The van der Waals surface area contributed by atoms with Crippen molar-refractivity contribution in [1.82, 2.24) is 20.1 Å². The van der Waals surface area contributed by atoms with Gasteiger partial charge in [-0.2, -0.15) is 5.10 Å². The van der Waals surface area contributed by atoms with Crippen molar-refractivity contribution in [3.63, 3.8) is 0 Å². The predicted octanol–water partition coefficient (Wildman–Crippen LogP) is 2.73. The highest BCUT2D eigenvalue weighted by atomic mass is 16.5. The second kappa shape index (κ2) is 9.69. The normalized spacial score (nSPS) is 11.7. The number of hydrogen-bond donors (Lipinski definition) is 2. The van der Waals surface area contributed by atoms with Gasteiger partial charge in [0.1, 0.15) is 24.4 Å². The summed E-state index contributed by atoms with van der Waals surface area (Å²) in [6.07, 6.45) is 3.11. The molecule has 0 saturated heterocycles. The first-order valence-corrected chi connectivity index (χ1v) is 9.63. The standard InChI is InChI=1S/C22H25N5O3/c1-15(2)20(26-21(28)17-7-9-19(30-3)10-8-17)22(29)25-18-6-4-5-16(11-18)12-27-14-23-13-24-27/h4-11,13-15,20H,12H2,1-3H3,(H,25,29)(H,26,28). The van der Waals surface area contributed by atoms with Gasteiger partial charge in [-0.15, -0.1) is 0 Å². The molecule has 2 aromatic carbocycles. The lowest BCUT2D eigenvalue weighted by atomic mass is 10.0. The molecule has 1 heterocycles. The Morgan fingerprint density at radius 2 is 1.90 bits per heavy atom. The number of aromatic nitrogens is 3. The number of rotatable bonds is 8. The summed E-state index contributed by atoms with van der Waals surface area (Å²) in [5.41, 5.74) is 2.09. The van der Waals surface area contributed by atoms with Gasteiger partial charge in [-0.05, 0) is 47.9 Å². The maximum absolute atomic E-state index is 12.9. The number of anilines is 1. The molecule has 156 valence electrons. The number of benzene rings is 2. The Morgan fingerprint density at radius 1 is 1.13 bits per heavy atom. The van der Waals surface area contributed by atoms with E-state index in [-0.39, 0.29) is 17.7 Å². The van der Waals surface area contributed by atoms with E-state index in [9.17, 15) is 9.59 Å². The second-order valence-electron chi connectivity index (χ2n) is 7.21. The molecule has 30 heavy (non-hydrogen) atoms. The van der Waals surface area contributed by atoms with Crippen molar-refractivity contribution in [3.8, 4) is 5.75 Å². The zero-order valence-corrected chi connectivity index (χ0v) is 17.2. The molecular weight excluding hydrogens is 382 g/mol. The summed E-state index contributed by atoms with van der Waals surface area (Å²) in [5.74, 6) is -0.0165. The van der Waals surface area contributed by atoms with Gasteiger partial charge < -0.3 is 15.4 Å². The summed E-state index contributed by atoms with van der Waals surface area (Å²) < 4.78 is 6.81. The van der Waals surface area contributed by atoms with Crippen LogP contribution in [0.2, 0.25) is 0 Å². The van der Waals surface area contributed by atoms with Gasteiger partial charge in [0.25, 0.3) is 5.91 Å². The maximum Gasteiger partial charge on any atom is 0.251 e. The van der Waals surface area contributed by atoms with E-state index in [2.05, 4.69) is 20.7 Å². The molecule has 2 amide bonds. The molecule has 1 unspecified atom stereocenters. The molecule has 8 nitrogen and oxygen atoms in total. The molecule has 0 saturated carbocycles. The van der Waals surface area contributed by atoms with Crippen LogP contribution in [0.1, 0.15) is 29.8 Å². The Balaban J connectivity index is 1.67. The van der Waals surface area contributed by atoms with Crippen molar-refractivity contribution in [1.29, 1.82) is 0 Å². The van der Waals surface area contributed by atoms with Crippen LogP contribution in [0, 0.1) is 5.92 Å². The van der Waals surface area contributed by atoms with Crippen molar-refractivity contribution in [2.24, 2.45) is 5.92 Å². The van der Waals surface area contributed by atoms with Gasteiger partial charge >= 0.3 is 0 Å². The Bertz CT molecular complexity index is 984. The SMILES string of the molecule is COc1ccc(C(=O)NC(C(=O)Nc2cccc(Cn3cncn3)c2)C(C)C)cc1. The van der Waals surface area contributed by atoms with Crippen molar-refractivity contribution in [3.05, 3.63) is 72.3 Å². The average molecular weight is 407 g/mol. The van der Waals surface area contributed by atoms with Crippen molar-refractivity contribution >= 4 is 17.5 Å². The lowest BCUT2D eigenvalue weighted by Crippen LogP contribution is -2.47. The molecule has 1 aromatic heterocycles. The van der Waals surface area contributed by atoms with Crippen molar-refractivity contribution in [2.45, 2.75) is 26.4 Å². The zero-order chi connectivity index (χ0) is 21.5. The number of ether oxygens (including phenoxy) is 1. The zero-order valence-electron chi connectivity index (χ0n) is 17.2. The molecule has 0 spiro atoms. The highest BCUT2D eigenvalue weighted by Gasteiger charge is 2.25. The fourth-order valence-corrected chi connectivity index (χ4v) is 2.97. The monoisotopic (exact) mass is 407 g/mol. The van der Waals surface area contributed by atoms with Crippen LogP contribution >= 0.6 is 0 Å². The molecular formula is C22H25N5O3. The lowest BCUT2D eigenvalue weighted by molar-refractivity contribution is -0.118. The average Bonchev–Trinajstić information content (AvgIpc) is 3.24. The second-order valence-corrected chi connectivity index (χ2v) is 7.21. The quantitative estimate of drug-likeness (QED) is 0.598. The van der Waals surface area contributed by atoms with Crippen LogP contribution in [-0.2, 0) is 11.3 Å². The van der Waals surface area contributed by atoms with Gasteiger partial charge in [0, 0.05) is 11.3 Å². The van der Waals surface area contributed by atoms with E-state index in [1.807, 2.05) is 38.1 Å². The highest BCUT2D eigenvalue weighted by molar-refractivity contribution is 6.01. The molecule has 3 rings (SSSR count). The Labute approximate surface area is 175 Å². The molecule has 1 atom stereocenters. The van der Waals surface area contributed by atoms with Crippen LogP contribution in [0.15, 0.2) is 61.2 Å². The van der Waals surface area contributed by atoms with E-state index in [0.717, 1.165) is 5.56 Å². The largest absolute Gasteiger partial charge is 0.497 e. The Morgan fingerprint density at radius 3 is 2.53 bits per heavy atom.